The van der Waals surface area contributed by atoms with E-state index in [1.54, 1.807) is 146 Å². The summed E-state index contributed by atoms with van der Waals surface area (Å²) in [6.45, 7) is 47.0. The van der Waals surface area contributed by atoms with Crippen LogP contribution in [0.4, 0.5) is 0 Å². The lowest BCUT2D eigenvalue weighted by molar-refractivity contribution is 0.0846. The molecule has 0 unspecified atom stereocenters. The van der Waals surface area contributed by atoms with Crippen molar-refractivity contribution in [2.45, 2.75) is 203 Å². The molecule has 8 amide bonds. The second kappa shape index (κ2) is 77.7. The summed E-state index contributed by atoms with van der Waals surface area (Å²) in [5, 5.41) is 7.48. The first-order chi connectivity index (χ1) is 63.9. The molecule has 0 saturated carbocycles. The van der Waals surface area contributed by atoms with E-state index in [0.717, 1.165) is 72.3 Å². The van der Waals surface area contributed by atoms with Crippen LogP contribution in [0, 0.1) is 83.1 Å². The van der Waals surface area contributed by atoms with E-state index >= 15 is 0 Å². The number of halogens is 2. The summed E-state index contributed by atoms with van der Waals surface area (Å²) < 4.78 is 5.77. The second-order valence-electron chi connectivity index (χ2n) is 27.2. The summed E-state index contributed by atoms with van der Waals surface area (Å²) in [6, 6.07) is 87.8. The van der Waals surface area contributed by atoms with Crippen molar-refractivity contribution >= 4 is 80.9 Å². The molecule has 25 heteroatoms. The minimum absolute atomic E-state index is 0. The van der Waals surface area contributed by atoms with Gasteiger partial charge in [0.25, 0.3) is 57.7 Å². The van der Waals surface area contributed by atoms with Crippen molar-refractivity contribution in [1.29, 1.82) is 0 Å². The zero-order valence-electron chi connectivity index (χ0n) is 81.0. The van der Waals surface area contributed by atoms with Crippen molar-refractivity contribution in [2.75, 3.05) is 0 Å². The number of nitrogen functional groups attached to an aromatic ring is 2. The minimum Gasteiger partial charge on any atom is -0.416 e. The van der Waals surface area contributed by atoms with E-state index in [2.05, 4.69) is 73.3 Å². The van der Waals surface area contributed by atoms with E-state index < -0.39 is 5.24 Å². The molecule has 0 radical (unpaired) electrons. The predicted molar refractivity (Wildman–Crippen MR) is 577 cm³/mol. The van der Waals surface area contributed by atoms with Crippen LogP contribution in [0.2, 0.25) is 0 Å². The molecule has 0 atom stereocenters. The van der Waals surface area contributed by atoms with Crippen molar-refractivity contribution in [3.63, 3.8) is 0 Å². The van der Waals surface area contributed by atoms with Crippen LogP contribution in [0.5, 0.6) is 0 Å². The quantitative estimate of drug-likeness (QED) is 0.0235. The molecule has 0 aliphatic rings. The lowest BCUT2D eigenvalue weighted by atomic mass is 10.1. The van der Waals surface area contributed by atoms with Crippen molar-refractivity contribution in [2.24, 2.45) is 11.7 Å². The topological polar surface area (TPSA) is 358 Å². The standard InChI is InChI=1S/3C16H16N2O2.C16H14N2O.C9H9ClO.C9H12N2O.C7H5ClO.C7H8N2O.6C2H6.5CH4/c3*1-11-8-9-12(2)14(10-11)16(20)18-17-15(19)13-6-4-3-5-7-13;1-11-8-9-12(2)14(10-11)16-18-17-15(19-16)13-6-4-3-5-7-13;1-6-3-4-7(2)8(5-6)9(10)11;1-6-3-4-7(2)8(5-6)9(12)11-10;8-7(9)6-4-2-1-3-5-6;8-9-7(10)6-4-2-1-3-5-6;6*1-2;;;;;/h3*3-10H,1-2H3,(H,17,19)(H,18,20);3-10H,1-2H3;3-5H,1-2H3;3-5H,10H2,1-2H3,(H,11,12);1-5H;1-5H,8H2,(H,9,10);6*1-2H3;5*1H4. The maximum Gasteiger partial charge on any atom is 0.269 e. The number of carbonyl (C=O) groups excluding carboxylic acids is 10. The molecular weight excluding hydrogens is 1770 g/mol. The Hall–Kier alpha value is -14.6. The van der Waals surface area contributed by atoms with E-state index in [1.165, 1.54) is 5.56 Å². The Bertz CT molecular complexity index is 5400. The summed E-state index contributed by atoms with van der Waals surface area (Å²) in [6.07, 6.45) is 0. The van der Waals surface area contributed by atoms with Crippen LogP contribution in [-0.4, -0.2) is 67.9 Å². The van der Waals surface area contributed by atoms with Gasteiger partial charge in [0.05, 0.1) is 0 Å². The van der Waals surface area contributed by atoms with Gasteiger partial charge in [0.1, 0.15) is 0 Å². The monoisotopic (exact) mass is 1920 g/mol. The highest BCUT2D eigenvalue weighted by molar-refractivity contribution is 6.68. The number of nitrogens with two attached hydrogens (primary N) is 2. The average Bonchev–Trinajstić information content (AvgIpc) is 1.61. The van der Waals surface area contributed by atoms with Crippen LogP contribution >= 0.6 is 23.2 Å². The molecule has 138 heavy (non-hydrogen) atoms. The molecule has 744 valence electrons. The Labute approximate surface area is 833 Å². The highest BCUT2D eigenvalue weighted by Crippen LogP contribution is 2.27. The Balaban J connectivity index is -0.000000358. The Morgan fingerprint density at radius 2 is 0.442 bits per heavy atom. The molecule has 0 spiro atoms. The van der Waals surface area contributed by atoms with Crippen molar-refractivity contribution in [3.05, 3.63) is 414 Å². The van der Waals surface area contributed by atoms with Gasteiger partial charge < -0.3 is 4.42 Å². The zero-order valence-corrected chi connectivity index (χ0v) is 82.5. The molecule has 13 aromatic rings. The normalized spacial score (nSPS) is 8.87. The third kappa shape index (κ3) is 50.1. The molecule has 0 saturated heterocycles. The average molecular weight is 1930 g/mol. The fourth-order valence-corrected chi connectivity index (χ4v) is 11.0. The number of nitrogens with one attached hydrogen (secondary N) is 8. The van der Waals surface area contributed by atoms with Gasteiger partial charge in [-0.2, -0.15) is 0 Å². The van der Waals surface area contributed by atoms with Crippen LogP contribution in [0.1, 0.15) is 291 Å². The summed E-state index contributed by atoms with van der Waals surface area (Å²) in [4.78, 5) is 115. The molecule has 0 fully saturated rings. The van der Waals surface area contributed by atoms with E-state index in [4.69, 9.17) is 39.3 Å². The molecular formula is C113H152Cl2N12O11. The zero-order chi connectivity index (χ0) is 101. The van der Waals surface area contributed by atoms with Gasteiger partial charge in [0.15, 0.2) is 0 Å². The van der Waals surface area contributed by atoms with Crippen LogP contribution in [0.3, 0.4) is 0 Å². The number of amides is 8. The van der Waals surface area contributed by atoms with Gasteiger partial charge in [-0.05, 0) is 237 Å². The van der Waals surface area contributed by atoms with Gasteiger partial charge in [-0.3, -0.25) is 91.4 Å². The maximum absolute atomic E-state index is 12.0. The van der Waals surface area contributed by atoms with E-state index in [9.17, 15) is 47.9 Å². The first kappa shape index (κ1) is 134. The number of rotatable bonds is 12. The number of carbonyl (C=O) groups is 10. The fourth-order valence-electron chi connectivity index (χ4n) is 10.7. The van der Waals surface area contributed by atoms with Gasteiger partial charge in [-0.25, -0.2) is 11.7 Å². The molecule has 12 aromatic carbocycles. The third-order valence-electron chi connectivity index (χ3n) is 17.5. The van der Waals surface area contributed by atoms with Crippen LogP contribution in [0.25, 0.3) is 22.9 Å². The Morgan fingerprint density at radius 3 is 0.688 bits per heavy atom. The lowest BCUT2D eigenvalue weighted by Crippen LogP contribution is -2.41. The van der Waals surface area contributed by atoms with E-state index in [0.29, 0.717) is 67.4 Å². The second-order valence-corrected chi connectivity index (χ2v) is 27.9. The lowest BCUT2D eigenvalue weighted by Gasteiger charge is -2.09. The number of hydrogen-bond acceptors (Lipinski definition) is 15. The molecule has 1 aromatic heterocycles. The summed E-state index contributed by atoms with van der Waals surface area (Å²) in [5.41, 5.74) is 37.9. The van der Waals surface area contributed by atoms with Gasteiger partial charge in [0.2, 0.25) is 11.8 Å². The Morgan fingerprint density at radius 1 is 0.232 bits per heavy atom. The summed E-state index contributed by atoms with van der Waals surface area (Å²) in [5.74, 6) is 8.55. The van der Waals surface area contributed by atoms with Crippen LogP contribution in [-0.2, 0) is 0 Å². The van der Waals surface area contributed by atoms with Crippen LogP contribution < -0.4 is 55.1 Å². The number of hydrogen-bond donors (Lipinski definition) is 10. The number of hydrazine groups is 5. The highest BCUT2D eigenvalue weighted by atomic mass is 35.5. The van der Waals surface area contributed by atoms with Crippen molar-refractivity contribution in [1.82, 2.24) is 53.6 Å². The number of aromatic nitrogens is 2. The van der Waals surface area contributed by atoms with Crippen molar-refractivity contribution < 1.29 is 52.4 Å². The van der Waals surface area contributed by atoms with E-state index in [1.807, 2.05) is 292 Å². The summed E-state index contributed by atoms with van der Waals surface area (Å²) in [7, 11) is 0. The molecule has 0 aliphatic heterocycles. The first-order valence-corrected chi connectivity index (χ1v) is 44.5. The van der Waals surface area contributed by atoms with Gasteiger partial charge >= 0.3 is 0 Å². The van der Waals surface area contributed by atoms with Gasteiger partial charge in [-0.15, -0.1) is 10.2 Å². The van der Waals surface area contributed by atoms with E-state index in [-0.39, 0.29) is 89.6 Å². The smallest absolute Gasteiger partial charge is 0.269 e. The minimum atomic E-state index is -0.407. The first-order valence-electron chi connectivity index (χ1n) is 43.7. The van der Waals surface area contributed by atoms with Crippen LogP contribution in [0.15, 0.2) is 296 Å². The van der Waals surface area contributed by atoms with Gasteiger partial charge in [-0.1, -0.05) is 348 Å². The van der Waals surface area contributed by atoms with Gasteiger partial charge in [0, 0.05) is 66.8 Å². The number of nitrogens with zero attached hydrogens (tertiary/aromatic N) is 2. The Kier molecular flexibility index (Phi) is 75.5. The molecule has 12 N–H and O–H groups in total. The molecule has 13 rings (SSSR count). The molecule has 23 nitrogen and oxygen atoms in total. The molecule has 1 heterocycles. The number of aryl methyl sites for hydroxylation is 12. The fraction of sp³-hybridized carbons (Fsp3) is 0.257. The summed E-state index contributed by atoms with van der Waals surface area (Å²) >= 11 is 10.5. The molecule has 0 bridgehead atoms. The largest absolute Gasteiger partial charge is 0.416 e. The molecule has 0 aliphatic carbocycles. The third-order valence-corrected chi connectivity index (χ3v) is 17.9. The highest BCUT2D eigenvalue weighted by Gasteiger charge is 2.17. The SMILES string of the molecule is C.C.C.C.C.CC.CC.CC.CC.CC.CC.Cc1ccc(C)c(-c2nnc(-c3ccccc3)o2)c1.Cc1ccc(C)c(C(=O)Cl)c1.Cc1ccc(C)c(C(=O)NN)c1.Cc1ccc(C)c(C(=O)NNC(=O)c2ccccc2)c1.Cc1ccc(C)c(C(=O)NNC(=O)c2ccccc2)c1.Cc1ccc(C)c(C(=O)NNC(=O)c2ccccc2)c1.NNC(=O)c1ccccc1.O=C(Cl)c1ccccc1. The maximum atomic E-state index is 12.0. The number of benzene rings is 12. The van der Waals surface area contributed by atoms with Crippen molar-refractivity contribution in [3.8, 4) is 22.9 Å². The predicted octanol–water partition coefficient (Wildman–Crippen LogP) is 26.4.